The minimum atomic E-state index is -0.200. The lowest BCUT2D eigenvalue weighted by Gasteiger charge is -2.31. The van der Waals surface area contributed by atoms with Crippen LogP contribution in [0.2, 0.25) is 0 Å². The topological polar surface area (TPSA) is 63.4 Å². The molecule has 0 atom stereocenters. The van der Waals surface area contributed by atoms with Crippen LogP contribution in [0.15, 0.2) is 48.5 Å². The predicted octanol–water partition coefficient (Wildman–Crippen LogP) is 5.64. The van der Waals surface area contributed by atoms with Gasteiger partial charge in [-0.25, -0.2) is 0 Å². The maximum atomic E-state index is 13.1. The molecule has 0 fully saturated rings. The standard InChI is InChI=1S/C25H32N2O2/c26-24(28)17-7-5-3-1-2-4-6-8-18-25(29)27-22-15-11-9-13-20(22)19-21-14-10-12-16-23(21)27/h9-16H,1-8,17-19H2,(H2,26,28). The Morgan fingerprint density at radius 3 is 1.66 bits per heavy atom. The second-order valence-corrected chi connectivity index (χ2v) is 7.96. The molecule has 0 saturated heterocycles. The highest BCUT2D eigenvalue weighted by molar-refractivity contribution is 6.03. The molecule has 154 valence electrons. The van der Waals surface area contributed by atoms with Crippen molar-refractivity contribution in [1.82, 2.24) is 0 Å². The highest BCUT2D eigenvalue weighted by Crippen LogP contribution is 2.38. The van der Waals surface area contributed by atoms with Crippen LogP contribution in [0.1, 0.15) is 75.3 Å². The van der Waals surface area contributed by atoms with E-state index >= 15 is 0 Å². The Bertz CT molecular complexity index is 786. The quantitative estimate of drug-likeness (QED) is 0.503. The van der Waals surface area contributed by atoms with Crippen LogP contribution in [0.3, 0.4) is 0 Å². The zero-order chi connectivity index (χ0) is 20.5. The van der Waals surface area contributed by atoms with E-state index in [0.717, 1.165) is 56.3 Å². The van der Waals surface area contributed by atoms with E-state index < -0.39 is 0 Å². The van der Waals surface area contributed by atoms with Crippen molar-refractivity contribution in [3.05, 3.63) is 59.7 Å². The minimum Gasteiger partial charge on any atom is -0.370 e. The van der Waals surface area contributed by atoms with Crippen LogP contribution in [0.25, 0.3) is 0 Å². The molecule has 0 aromatic heterocycles. The first-order chi connectivity index (χ1) is 14.2. The van der Waals surface area contributed by atoms with Gasteiger partial charge in [-0.1, -0.05) is 74.9 Å². The van der Waals surface area contributed by atoms with E-state index in [-0.39, 0.29) is 11.8 Å². The van der Waals surface area contributed by atoms with Gasteiger partial charge in [-0.15, -0.1) is 0 Å². The molecular formula is C25H32N2O2. The summed E-state index contributed by atoms with van der Waals surface area (Å²) in [5, 5.41) is 0. The first-order valence-electron chi connectivity index (χ1n) is 10.9. The van der Waals surface area contributed by atoms with Gasteiger partial charge in [0, 0.05) is 19.3 Å². The van der Waals surface area contributed by atoms with Gasteiger partial charge < -0.3 is 5.73 Å². The molecule has 0 unspecified atom stereocenters. The number of nitrogens with two attached hydrogens (primary N) is 1. The number of carbonyl (C=O) groups is 2. The van der Waals surface area contributed by atoms with Crippen molar-refractivity contribution in [2.45, 2.75) is 70.6 Å². The van der Waals surface area contributed by atoms with Gasteiger partial charge in [0.05, 0.1) is 11.4 Å². The molecule has 29 heavy (non-hydrogen) atoms. The lowest BCUT2D eigenvalue weighted by Crippen LogP contribution is -2.30. The number of carbonyl (C=O) groups excluding carboxylic acids is 2. The average Bonchev–Trinajstić information content (AvgIpc) is 2.72. The van der Waals surface area contributed by atoms with Gasteiger partial charge in [-0.05, 0) is 36.1 Å². The Labute approximate surface area is 174 Å². The molecule has 0 spiro atoms. The molecule has 1 aliphatic rings. The van der Waals surface area contributed by atoms with Gasteiger partial charge in [0.1, 0.15) is 0 Å². The first kappa shape index (κ1) is 21.1. The second kappa shape index (κ2) is 10.8. The lowest BCUT2D eigenvalue weighted by molar-refractivity contribution is -0.118. The van der Waals surface area contributed by atoms with Crippen molar-refractivity contribution in [1.29, 1.82) is 0 Å². The predicted molar refractivity (Wildman–Crippen MR) is 118 cm³/mol. The number of rotatable bonds is 11. The van der Waals surface area contributed by atoms with Crippen LogP contribution in [-0.4, -0.2) is 11.8 Å². The van der Waals surface area contributed by atoms with Gasteiger partial charge in [0.15, 0.2) is 0 Å². The number of amides is 2. The summed E-state index contributed by atoms with van der Waals surface area (Å²) in [6.45, 7) is 0. The summed E-state index contributed by atoms with van der Waals surface area (Å²) in [6, 6.07) is 16.5. The number of unbranched alkanes of at least 4 members (excludes halogenated alkanes) is 7. The Balaban J connectivity index is 1.43. The number of primary amides is 1. The fourth-order valence-corrected chi connectivity index (χ4v) is 4.11. The first-order valence-corrected chi connectivity index (χ1v) is 10.9. The molecule has 3 rings (SSSR count). The van der Waals surface area contributed by atoms with Crippen LogP contribution in [0.5, 0.6) is 0 Å². The van der Waals surface area contributed by atoms with Gasteiger partial charge in [-0.3, -0.25) is 14.5 Å². The van der Waals surface area contributed by atoms with E-state index in [1.807, 2.05) is 29.2 Å². The molecule has 0 radical (unpaired) electrons. The van der Waals surface area contributed by atoms with Crippen molar-refractivity contribution in [2.24, 2.45) is 5.73 Å². The monoisotopic (exact) mass is 392 g/mol. The number of benzene rings is 2. The van der Waals surface area contributed by atoms with E-state index in [9.17, 15) is 9.59 Å². The van der Waals surface area contributed by atoms with Gasteiger partial charge in [0.25, 0.3) is 0 Å². The summed E-state index contributed by atoms with van der Waals surface area (Å²) >= 11 is 0. The maximum absolute atomic E-state index is 13.1. The summed E-state index contributed by atoms with van der Waals surface area (Å²) in [6.07, 6.45) is 10.7. The number of anilines is 2. The summed E-state index contributed by atoms with van der Waals surface area (Å²) in [4.78, 5) is 25.7. The molecule has 4 nitrogen and oxygen atoms in total. The Morgan fingerprint density at radius 2 is 1.14 bits per heavy atom. The van der Waals surface area contributed by atoms with Crippen LogP contribution < -0.4 is 10.6 Å². The summed E-state index contributed by atoms with van der Waals surface area (Å²) in [5.41, 5.74) is 9.66. The van der Waals surface area contributed by atoms with Gasteiger partial charge in [-0.2, -0.15) is 0 Å². The summed E-state index contributed by atoms with van der Waals surface area (Å²) < 4.78 is 0. The molecule has 1 aliphatic heterocycles. The van der Waals surface area contributed by atoms with E-state index in [4.69, 9.17) is 5.73 Å². The van der Waals surface area contributed by atoms with Crippen LogP contribution in [0.4, 0.5) is 11.4 Å². The van der Waals surface area contributed by atoms with E-state index in [1.54, 1.807) is 0 Å². The molecule has 0 saturated carbocycles. The Hall–Kier alpha value is -2.62. The third-order valence-electron chi connectivity index (χ3n) is 5.66. The number of hydrogen-bond acceptors (Lipinski definition) is 2. The number of para-hydroxylation sites is 2. The van der Waals surface area contributed by atoms with Gasteiger partial charge in [0.2, 0.25) is 11.8 Å². The fourth-order valence-electron chi connectivity index (χ4n) is 4.11. The maximum Gasteiger partial charge on any atom is 0.231 e. The smallest absolute Gasteiger partial charge is 0.231 e. The van der Waals surface area contributed by atoms with E-state index in [2.05, 4.69) is 24.3 Å². The SMILES string of the molecule is NC(=O)CCCCCCCCCCC(=O)N1c2ccccc2Cc2ccccc21. The second-order valence-electron chi connectivity index (χ2n) is 7.96. The molecule has 0 aliphatic carbocycles. The van der Waals surface area contributed by atoms with Crippen molar-refractivity contribution < 1.29 is 9.59 Å². The molecular weight excluding hydrogens is 360 g/mol. The van der Waals surface area contributed by atoms with E-state index in [0.29, 0.717) is 12.8 Å². The average molecular weight is 393 g/mol. The third-order valence-corrected chi connectivity index (χ3v) is 5.66. The molecule has 2 aromatic rings. The van der Waals surface area contributed by atoms with Crippen molar-refractivity contribution in [3.63, 3.8) is 0 Å². The molecule has 0 bridgehead atoms. The largest absolute Gasteiger partial charge is 0.370 e. The van der Waals surface area contributed by atoms with Crippen LogP contribution in [-0.2, 0) is 16.0 Å². The minimum absolute atomic E-state index is 0.191. The molecule has 2 amide bonds. The lowest BCUT2D eigenvalue weighted by atomic mass is 9.95. The Kier molecular flexibility index (Phi) is 7.85. The summed E-state index contributed by atoms with van der Waals surface area (Å²) in [5.74, 6) is -0.00956. The van der Waals surface area contributed by atoms with E-state index in [1.165, 1.54) is 24.0 Å². The highest BCUT2D eigenvalue weighted by atomic mass is 16.2. The Morgan fingerprint density at radius 1 is 0.690 bits per heavy atom. The number of nitrogens with zero attached hydrogens (tertiary/aromatic N) is 1. The normalized spacial score (nSPS) is 12.3. The zero-order valence-corrected chi connectivity index (χ0v) is 17.2. The fraction of sp³-hybridized carbons (Fsp3) is 0.440. The molecule has 2 aromatic carbocycles. The van der Waals surface area contributed by atoms with Crippen molar-refractivity contribution >= 4 is 23.2 Å². The van der Waals surface area contributed by atoms with Crippen LogP contribution >= 0.6 is 0 Å². The number of hydrogen-bond donors (Lipinski definition) is 1. The number of fused-ring (bicyclic) bond motifs is 2. The third kappa shape index (κ3) is 5.93. The summed E-state index contributed by atoms with van der Waals surface area (Å²) in [7, 11) is 0. The molecule has 1 heterocycles. The van der Waals surface area contributed by atoms with Crippen molar-refractivity contribution in [2.75, 3.05) is 4.90 Å². The molecule has 2 N–H and O–H groups in total. The van der Waals surface area contributed by atoms with Crippen molar-refractivity contribution in [3.8, 4) is 0 Å². The highest BCUT2D eigenvalue weighted by Gasteiger charge is 2.26. The van der Waals surface area contributed by atoms with Gasteiger partial charge >= 0.3 is 0 Å². The molecule has 4 heteroatoms. The van der Waals surface area contributed by atoms with Crippen LogP contribution in [0, 0.1) is 0 Å². The zero-order valence-electron chi connectivity index (χ0n) is 17.2.